The van der Waals surface area contributed by atoms with Crippen LogP contribution in [0.5, 0.6) is 0 Å². The van der Waals surface area contributed by atoms with Gasteiger partial charge >= 0.3 is 0 Å². The van der Waals surface area contributed by atoms with Crippen molar-refractivity contribution in [3.05, 3.63) is 52.6 Å². The number of carbonyl (C=O) groups is 1. The van der Waals surface area contributed by atoms with E-state index in [0.29, 0.717) is 18.7 Å². The lowest BCUT2D eigenvalue weighted by Gasteiger charge is -2.27. The van der Waals surface area contributed by atoms with E-state index in [-0.39, 0.29) is 5.91 Å². The molecule has 1 aliphatic rings. The first-order valence-electron chi connectivity index (χ1n) is 7.82. The molecular formula is C17H17N5OS. The number of carbonyl (C=O) groups excluding carboxylic acids is 1. The molecule has 1 aromatic carbocycles. The highest BCUT2D eigenvalue weighted by atomic mass is 32.1. The largest absolute Gasteiger partial charge is 0.329 e. The van der Waals surface area contributed by atoms with Crippen LogP contribution in [0.25, 0.3) is 10.6 Å². The molecule has 0 aliphatic carbocycles. The lowest BCUT2D eigenvalue weighted by molar-refractivity contribution is 0.0706. The Morgan fingerprint density at radius 1 is 1.12 bits per heavy atom. The number of hydrogen-bond donors (Lipinski definition) is 0. The standard InChI is InChI=1S/C17H17N5OS/c1-11-10-24-16(18-11)13-3-5-14(6-4-13)17(23)21-7-8-22-12(2)19-20-15(22)9-21/h3-6,10H,7-9H2,1-2H3. The zero-order valence-electron chi connectivity index (χ0n) is 13.6. The highest BCUT2D eigenvalue weighted by molar-refractivity contribution is 7.13. The molecule has 0 atom stereocenters. The van der Waals surface area contributed by atoms with E-state index in [1.807, 2.05) is 48.4 Å². The van der Waals surface area contributed by atoms with Crippen LogP contribution in [-0.2, 0) is 13.1 Å². The Labute approximate surface area is 143 Å². The molecule has 122 valence electrons. The van der Waals surface area contributed by atoms with Gasteiger partial charge in [0.2, 0.25) is 0 Å². The molecule has 0 spiro atoms. The number of rotatable bonds is 2. The third-order valence-corrected chi connectivity index (χ3v) is 5.23. The summed E-state index contributed by atoms with van der Waals surface area (Å²) in [5.41, 5.74) is 2.75. The molecule has 1 aliphatic heterocycles. The summed E-state index contributed by atoms with van der Waals surface area (Å²) in [7, 11) is 0. The number of fused-ring (bicyclic) bond motifs is 1. The predicted octanol–water partition coefficient (Wildman–Crippen LogP) is 2.67. The Bertz CT molecular complexity index is 896. The van der Waals surface area contributed by atoms with E-state index in [0.717, 1.165) is 34.5 Å². The van der Waals surface area contributed by atoms with Crippen molar-refractivity contribution in [1.29, 1.82) is 0 Å². The molecule has 24 heavy (non-hydrogen) atoms. The Morgan fingerprint density at radius 3 is 2.62 bits per heavy atom. The van der Waals surface area contributed by atoms with Crippen LogP contribution in [0.3, 0.4) is 0 Å². The van der Waals surface area contributed by atoms with Gasteiger partial charge in [0.1, 0.15) is 10.8 Å². The molecule has 3 heterocycles. The Morgan fingerprint density at radius 2 is 1.92 bits per heavy atom. The third kappa shape index (κ3) is 2.60. The third-order valence-electron chi connectivity index (χ3n) is 4.22. The first-order valence-corrected chi connectivity index (χ1v) is 8.70. The van der Waals surface area contributed by atoms with Crippen molar-refractivity contribution in [3.63, 3.8) is 0 Å². The van der Waals surface area contributed by atoms with E-state index in [1.54, 1.807) is 11.3 Å². The van der Waals surface area contributed by atoms with Crippen molar-refractivity contribution >= 4 is 17.2 Å². The second-order valence-corrected chi connectivity index (χ2v) is 6.77. The number of nitrogens with zero attached hydrogens (tertiary/aromatic N) is 5. The molecule has 0 unspecified atom stereocenters. The fourth-order valence-electron chi connectivity index (χ4n) is 2.90. The van der Waals surface area contributed by atoms with E-state index >= 15 is 0 Å². The van der Waals surface area contributed by atoms with Crippen LogP contribution in [0.4, 0.5) is 0 Å². The summed E-state index contributed by atoms with van der Waals surface area (Å²) in [6, 6.07) is 7.67. The fourth-order valence-corrected chi connectivity index (χ4v) is 3.70. The molecule has 6 nitrogen and oxygen atoms in total. The Balaban J connectivity index is 1.53. The minimum Gasteiger partial charge on any atom is -0.329 e. The van der Waals surface area contributed by atoms with Gasteiger partial charge in [-0.15, -0.1) is 21.5 Å². The molecule has 4 rings (SSSR count). The summed E-state index contributed by atoms with van der Waals surface area (Å²) in [6.45, 7) is 5.85. The quantitative estimate of drug-likeness (QED) is 0.720. The van der Waals surface area contributed by atoms with Crippen molar-refractivity contribution in [3.8, 4) is 10.6 Å². The molecule has 3 aromatic rings. The van der Waals surface area contributed by atoms with E-state index in [9.17, 15) is 4.79 Å². The minimum atomic E-state index is 0.0313. The van der Waals surface area contributed by atoms with Gasteiger partial charge in [-0.1, -0.05) is 12.1 Å². The highest BCUT2D eigenvalue weighted by Gasteiger charge is 2.24. The van der Waals surface area contributed by atoms with Crippen LogP contribution >= 0.6 is 11.3 Å². The smallest absolute Gasteiger partial charge is 0.254 e. The molecule has 0 bridgehead atoms. The van der Waals surface area contributed by atoms with Crippen LogP contribution in [0.2, 0.25) is 0 Å². The van der Waals surface area contributed by atoms with Gasteiger partial charge in [0.05, 0.1) is 6.54 Å². The molecule has 7 heteroatoms. The van der Waals surface area contributed by atoms with Crippen molar-refractivity contribution in [2.45, 2.75) is 26.9 Å². The van der Waals surface area contributed by atoms with Crippen molar-refractivity contribution in [1.82, 2.24) is 24.6 Å². The minimum absolute atomic E-state index is 0.0313. The van der Waals surface area contributed by atoms with Gasteiger partial charge in [-0.2, -0.15) is 0 Å². The van der Waals surface area contributed by atoms with Crippen LogP contribution in [0.1, 0.15) is 27.7 Å². The van der Waals surface area contributed by atoms with Crippen molar-refractivity contribution in [2.75, 3.05) is 6.54 Å². The van der Waals surface area contributed by atoms with Gasteiger partial charge in [-0.05, 0) is 26.0 Å². The monoisotopic (exact) mass is 339 g/mol. The first-order chi connectivity index (χ1) is 11.6. The average Bonchev–Trinajstić information content (AvgIpc) is 3.20. The Kier molecular flexibility index (Phi) is 3.65. The van der Waals surface area contributed by atoms with E-state index in [2.05, 4.69) is 19.7 Å². The fraction of sp³-hybridized carbons (Fsp3) is 0.294. The topological polar surface area (TPSA) is 63.9 Å². The zero-order chi connectivity index (χ0) is 16.7. The summed E-state index contributed by atoms with van der Waals surface area (Å²) < 4.78 is 2.07. The zero-order valence-corrected chi connectivity index (χ0v) is 14.4. The maximum absolute atomic E-state index is 12.7. The summed E-state index contributed by atoms with van der Waals surface area (Å²) in [4.78, 5) is 19.0. The molecule has 0 saturated heterocycles. The average molecular weight is 339 g/mol. The summed E-state index contributed by atoms with van der Waals surface area (Å²) in [5.74, 6) is 1.78. The maximum atomic E-state index is 12.7. The molecule has 0 N–H and O–H groups in total. The van der Waals surface area contributed by atoms with E-state index in [4.69, 9.17) is 0 Å². The Hall–Kier alpha value is -2.54. The van der Waals surface area contributed by atoms with Crippen molar-refractivity contribution < 1.29 is 4.79 Å². The number of hydrogen-bond acceptors (Lipinski definition) is 5. The number of amides is 1. The molecular weight excluding hydrogens is 322 g/mol. The number of benzene rings is 1. The molecule has 1 amide bonds. The highest BCUT2D eigenvalue weighted by Crippen LogP contribution is 2.24. The lowest BCUT2D eigenvalue weighted by Crippen LogP contribution is -2.38. The van der Waals surface area contributed by atoms with Crippen LogP contribution in [-0.4, -0.2) is 37.1 Å². The number of thiazole rings is 1. The second-order valence-electron chi connectivity index (χ2n) is 5.91. The van der Waals surface area contributed by atoms with Crippen molar-refractivity contribution in [2.24, 2.45) is 0 Å². The van der Waals surface area contributed by atoms with Crippen LogP contribution in [0, 0.1) is 13.8 Å². The molecule has 0 radical (unpaired) electrons. The summed E-state index contributed by atoms with van der Waals surface area (Å²) >= 11 is 1.62. The molecule has 2 aromatic heterocycles. The number of aryl methyl sites for hydroxylation is 2. The van der Waals surface area contributed by atoms with Gasteiger partial charge < -0.3 is 9.47 Å². The number of aromatic nitrogens is 4. The first kappa shape index (κ1) is 15.0. The van der Waals surface area contributed by atoms with E-state index in [1.165, 1.54) is 0 Å². The van der Waals surface area contributed by atoms with Gasteiger partial charge in [0.15, 0.2) is 5.82 Å². The van der Waals surface area contributed by atoms with Gasteiger partial charge in [-0.3, -0.25) is 4.79 Å². The van der Waals surface area contributed by atoms with E-state index < -0.39 is 0 Å². The van der Waals surface area contributed by atoms with Crippen LogP contribution < -0.4 is 0 Å². The van der Waals surface area contributed by atoms with Crippen LogP contribution in [0.15, 0.2) is 29.6 Å². The molecule has 0 fully saturated rings. The van der Waals surface area contributed by atoms with Gasteiger partial charge in [0, 0.05) is 35.3 Å². The SMILES string of the molecule is Cc1csc(-c2ccc(C(=O)N3CCn4c(C)nnc4C3)cc2)n1. The summed E-state index contributed by atoms with van der Waals surface area (Å²) in [6.07, 6.45) is 0. The van der Waals surface area contributed by atoms with Gasteiger partial charge in [-0.25, -0.2) is 4.98 Å². The maximum Gasteiger partial charge on any atom is 0.254 e. The normalized spacial score (nSPS) is 13.8. The predicted molar refractivity (Wildman–Crippen MR) is 91.8 cm³/mol. The molecule has 0 saturated carbocycles. The lowest BCUT2D eigenvalue weighted by atomic mass is 10.1. The second kappa shape index (κ2) is 5.83. The van der Waals surface area contributed by atoms with Gasteiger partial charge in [0.25, 0.3) is 5.91 Å². The summed E-state index contributed by atoms with van der Waals surface area (Å²) in [5, 5.41) is 11.2.